The number of sulfonamides is 1. The molecule has 2 atom stereocenters. The SMILES string of the molecule is Cc1cccc(S(=O)(=O)N2CC(CO)OCC2C)c1. The predicted molar refractivity (Wildman–Crippen MR) is 71.4 cm³/mol. The van der Waals surface area contributed by atoms with Gasteiger partial charge in [-0.2, -0.15) is 4.31 Å². The van der Waals surface area contributed by atoms with Crippen LogP contribution >= 0.6 is 0 Å². The van der Waals surface area contributed by atoms with E-state index in [1.54, 1.807) is 25.1 Å². The number of hydrogen-bond donors (Lipinski definition) is 1. The lowest BCUT2D eigenvalue weighted by atomic mass is 10.2. The van der Waals surface area contributed by atoms with Gasteiger partial charge in [-0.05, 0) is 31.5 Å². The number of morpholine rings is 1. The maximum atomic E-state index is 12.6. The van der Waals surface area contributed by atoms with Crippen molar-refractivity contribution >= 4 is 10.0 Å². The van der Waals surface area contributed by atoms with Crippen molar-refractivity contribution in [1.82, 2.24) is 4.31 Å². The number of aliphatic hydroxyl groups excluding tert-OH is 1. The predicted octanol–water partition coefficient (Wildman–Crippen LogP) is 0.765. The molecule has 1 aromatic carbocycles. The minimum absolute atomic E-state index is 0.174. The lowest BCUT2D eigenvalue weighted by molar-refractivity contribution is -0.0516. The molecular weight excluding hydrogens is 266 g/mol. The van der Waals surface area contributed by atoms with E-state index in [1.807, 2.05) is 13.0 Å². The summed E-state index contributed by atoms with van der Waals surface area (Å²) in [6, 6.07) is 6.62. The first-order chi connectivity index (χ1) is 8.95. The Morgan fingerprint density at radius 1 is 1.47 bits per heavy atom. The van der Waals surface area contributed by atoms with Crippen LogP contribution in [0, 0.1) is 6.92 Å². The number of hydrogen-bond acceptors (Lipinski definition) is 4. The lowest BCUT2D eigenvalue weighted by Gasteiger charge is -2.36. The average Bonchev–Trinajstić information content (AvgIpc) is 2.39. The fourth-order valence-electron chi connectivity index (χ4n) is 2.15. The van der Waals surface area contributed by atoms with Crippen molar-refractivity contribution in [2.45, 2.75) is 30.9 Å². The monoisotopic (exact) mass is 285 g/mol. The Balaban J connectivity index is 2.32. The van der Waals surface area contributed by atoms with Gasteiger partial charge < -0.3 is 9.84 Å². The van der Waals surface area contributed by atoms with E-state index in [-0.39, 0.29) is 24.1 Å². The average molecular weight is 285 g/mol. The topological polar surface area (TPSA) is 66.8 Å². The van der Waals surface area contributed by atoms with E-state index < -0.39 is 16.1 Å². The second kappa shape index (κ2) is 5.58. The van der Waals surface area contributed by atoms with Gasteiger partial charge in [0.2, 0.25) is 10.0 Å². The highest BCUT2D eigenvalue weighted by molar-refractivity contribution is 7.89. The van der Waals surface area contributed by atoms with Crippen LogP contribution in [-0.2, 0) is 14.8 Å². The van der Waals surface area contributed by atoms with Crippen LogP contribution in [0.15, 0.2) is 29.2 Å². The van der Waals surface area contributed by atoms with E-state index in [0.717, 1.165) is 5.56 Å². The van der Waals surface area contributed by atoms with Crippen LogP contribution in [0.25, 0.3) is 0 Å². The smallest absolute Gasteiger partial charge is 0.243 e. The standard InChI is InChI=1S/C13H19NO4S/c1-10-4-3-5-13(6-10)19(16,17)14-7-12(8-15)18-9-11(14)2/h3-6,11-12,15H,7-9H2,1-2H3. The van der Waals surface area contributed by atoms with Gasteiger partial charge in [-0.3, -0.25) is 0 Å². The van der Waals surface area contributed by atoms with Crippen molar-refractivity contribution in [3.05, 3.63) is 29.8 Å². The van der Waals surface area contributed by atoms with Crippen LogP contribution in [0.4, 0.5) is 0 Å². The van der Waals surface area contributed by atoms with Crippen molar-refractivity contribution in [2.24, 2.45) is 0 Å². The van der Waals surface area contributed by atoms with E-state index in [4.69, 9.17) is 9.84 Å². The molecule has 0 aromatic heterocycles. The van der Waals surface area contributed by atoms with Crippen molar-refractivity contribution in [3.63, 3.8) is 0 Å². The highest BCUT2D eigenvalue weighted by atomic mass is 32.2. The number of benzene rings is 1. The fraction of sp³-hybridized carbons (Fsp3) is 0.538. The fourth-order valence-corrected chi connectivity index (χ4v) is 3.90. The zero-order valence-electron chi connectivity index (χ0n) is 11.1. The summed E-state index contributed by atoms with van der Waals surface area (Å²) in [4.78, 5) is 0.290. The maximum absolute atomic E-state index is 12.6. The largest absolute Gasteiger partial charge is 0.394 e. The number of ether oxygens (including phenoxy) is 1. The molecule has 106 valence electrons. The maximum Gasteiger partial charge on any atom is 0.243 e. The van der Waals surface area contributed by atoms with E-state index >= 15 is 0 Å². The lowest BCUT2D eigenvalue weighted by Crippen LogP contribution is -2.51. The number of aliphatic hydroxyl groups is 1. The summed E-state index contributed by atoms with van der Waals surface area (Å²) in [7, 11) is -3.53. The summed E-state index contributed by atoms with van der Waals surface area (Å²) < 4.78 is 32.0. The molecule has 0 bridgehead atoms. The van der Waals surface area contributed by atoms with Crippen LogP contribution in [0.2, 0.25) is 0 Å². The van der Waals surface area contributed by atoms with E-state index in [1.165, 1.54) is 4.31 Å². The molecule has 2 unspecified atom stereocenters. The molecule has 0 amide bonds. The molecule has 1 saturated heterocycles. The quantitative estimate of drug-likeness (QED) is 0.890. The molecule has 1 aliphatic heterocycles. The van der Waals surface area contributed by atoms with E-state index in [2.05, 4.69) is 0 Å². The summed E-state index contributed by atoms with van der Waals surface area (Å²) in [5.41, 5.74) is 0.903. The van der Waals surface area contributed by atoms with Gasteiger partial charge in [-0.25, -0.2) is 8.42 Å². The van der Waals surface area contributed by atoms with Crippen LogP contribution in [0.1, 0.15) is 12.5 Å². The third-order valence-electron chi connectivity index (χ3n) is 3.25. The molecule has 1 N–H and O–H groups in total. The van der Waals surface area contributed by atoms with Crippen LogP contribution in [-0.4, -0.2) is 49.7 Å². The minimum Gasteiger partial charge on any atom is -0.394 e. The summed E-state index contributed by atoms with van der Waals surface area (Å²) >= 11 is 0. The highest BCUT2D eigenvalue weighted by Crippen LogP contribution is 2.23. The molecule has 0 radical (unpaired) electrons. The zero-order chi connectivity index (χ0) is 14.0. The second-order valence-corrected chi connectivity index (χ2v) is 6.77. The summed E-state index contributed by atoms with van der Waals surface area (Å²) in [5, 5.41) is 9.13. The van der Waals surface area contributed by atoms with Gasteiger partial charge in [0.1, 0.15) is 0 Å². The van der Waals surface area contributed by atoms with Gasteiger partial charge in [-0.15, -0.1) is 0 Å². The Kier molecular flexibility index (Phi) is 4.25. The third-order valence-corrected chi connectivity index (χ3v) is 5.22. The minimum atomic E-state index is -3.53. The Labute approximate surface area is 113 Å². The summed E-state index contributed by atoms with van der Waals surface area (Å²) in [5.74, 6) is 0. The Morgan fingerprint density at radius 2 is 2.21 bits per heavy atom. The third kappa shape index (κ3) is 2.97. The molecule has 5 nitrogen and oxygen atoms in total. The molecule has 0 aliphatic carbocycles. The first kappa shape index (κ1) is 14.5. The van der Waals surface area contributed by atoms with Gasteiger partial charge in [0.05, 0.1) is 24.2 Å². The Hall–Kier alpha value is -0.950. The Bertz CT molecular complexity index is 543. The Morgan fingerprint density at radius 3 is 2.84 bits per heavy atom. The summed E-state index contributed by atoms with van der Waals surface area (Å²) in [6.07, 6.45) is -0.448. The molecule has 1 fully saturated rings. The molecule has 1 aromatic rings. The van der Waals surface area contributed by atoms with Crippen molar-refractivity contribution in [2.75, 3.05) is 19.8 Å². The molecule has 1 heterocycles. The molecule has 0 spiro atoms. The molecule has 19 heavy (non-hydrogen) atoms. The van der Waals surface area contributed by atoms with Crippen molar-refractivity contribution in [1.29, 1.82) is 0 Å². The molecule has 2 rings (SSSR count). The van der Waals surface area contributed by atoms with Crippen molar-refractivity contribution in [3.8, 4) is 0 Å². The van der Waals surface area contributed by atoms with Gasteiger partial charge >= 0.3 is 0 Å². The summed E-state index contributed by atoms with van der Waals surface area (Å²) in [6.45, 7) is 3.98. The molecule has 6 heteroatoms. The first-order valence-corrected chi connectivity index (χ1v) is 7.70. The zero-order valence-corrected chi connectivity index (χ0v) is 11.9. The normalized spacial score (nSPS) is 25.4. The molecular formula is C13H19NO4S. The van der Waals surface area contributed by atoms with Gasteiger partial charge in [-0.1, -0.05) is 12.1 Å². The van der Waals surface area contributed by atoms with Gasteiger partial charge in [0.25, 0.3) is 0 Å². The number of nitrogens with zero attached hydrogens (tertiary/aromatic N) is 1. The first-order valence-electron chi connectivity index (χ1n) is 6.26. The van der Waals surface area contributed by atoms with Gasteiger partial charge in [0, 0.05) is 12.6 Å². The van der Waals surface area contributed by atoms with Crippen LogP contribution in [0.5, 0.6) is 0 Å². The molecule has 1 aliphatic rings. The van der Waals surface area contributed by atoms with E-state index in [0.29, 0.717) is 6.61 Å². The molecule has 0 saturated carbocycles. The van der Waals surface area contributed by atoms with Crippen LogP contribution < -0.4 is 0 Å². The number of rotatable bonds is 3. The highest BCUT2D eigenvalue weighted by Gasteiger charge is 2.35. The van der Waals surface area contributed by atoms with Crippen molar-refractivity contribution < 1.29 is 18.3 Å². The van der Waals surface area contributed by atoms with E-state index in [9.17, 15) is 8.42 Å². The van der Waals surface area contributed by atoms with Crippen LogP contribution in [0.3, 0.4) is 0 Å². The second-order valence-electron chi connectivity index (χ2n) is 4.88. The number of aryl methyl sites for hydroxylation is 1. The van der Waals surface area contributed by atoms with Gasteiger partial charge in [0.15, 0.2) is 0 Å².